The number of halogens is 4. The Kier molecular flexibility index (Phi) is 7.80. The summed E-state index contributed by atoms with van der Waals surface area (Å²) in [5.41, 5.74) is 0.609. The molecule has 3 aromatic rings. The summed E-state index contributed by atoms with van der Waals surface area (Å²) < 4.78 is 54.7. The van der Waals surface area contributed by atoms with Crippen LogP contribution in [0.4, 0.5) is 23.2 Å². The van der Waals surface area contributed by atoms with Crippen LogP contribution in [0.3, 0.4) is 0 Å². The second-order valence-electron chi connectivity index (χ2n) is 9.08. The van der Waals surface area contributed by atoms with E-state index in [1.807, 2.05) is 34.9 Å². The number of aromatic nitrogens is 2. The molecular formula is C26H26F4N4O3. The molecule has 0 spiro atoms. The highest BCUT2D eigenvalue weighted by molar-refractivity contribution is 5.85. The van der Waals surface area contributed by atoms with E-state index in [-0.39, 0.29) is 25.2 Å². The van der Waals surface area contributed by atoms with Gasteiger partial charge in [-0.2, -0.15) is 13.2 Å². The third kappa shape index (κ3) is 6.87. The molecule has 1 aromatic heterocycles. The van der Waals surface area contributed by atoms with Gasteiger partial charge in [0.05, 0.1) is 17.6 Å². The number of carboxylic acids is 1. The minimum atomic E-state index is -4.67. The van der Waals surface area contributed by atoms with Gasteiger partial charge < -0.3 is 19.9 Å². The number of benzene rings is 2. The van der Waals surface area contributed by atoms with Gasteiger partial charge in [0, 0.05) is 43.9 Å². The number of carboxylic acid groups (broad SMARTS) is 1. The van der Waals surface area contributed by atoms with Gasteiger partial charge in [0.25, 0.3) is 0 Å². The maximum Gasteiger partial charge on any atom is 0.416 e. The second-order valence-corrected chi connectivity index (χ2v) is 9.08. The maximum atomic E-state index is 13.8. The lowest BCUT2D eigenvalue weighted by molar-refractivity contribution is -0.142. The molecule has 2 heterocycles. The van der Waals surface area contributed by atoms with Crippen LogP contribution in [-0.4, -0.2) is 45.7 Å². The average Bonchev–Trinajstić information content (AvgIpc) is 3.30. The number of imidazole rings is 1. The van der Waals surface area contributed by atoms with Crippen LogP contribution < -0.4 is 10.2 Å². The summed E-state index contributed by atoms with van der Waals surface area (Å²) in [4.78, 5) is 30.5. The van der Waals surface area contributed by atoms with Crippen molar-refractivity contribution in [2.45, 2.75) is 38.0 Å². The van der Waals surface area contributed by atoms with Gasteiger partial charge in [0.2, 0.25) is 5.91 Å². The second kappa shape index (κ2) is 11.0. The Morgan fingerprint density at radius 2 is 1.81 bits per heavy atom. The summed E-state index contributed by atoms with van der Waals surface area (Å²) >= 11 is 0. The molecular weight excluding hydrogens is 492 g/mol. The molecule has 1 saturated heterocycles. The molecule has 1 atom stereocenters. The number of nitrogens with one attached hydrogen (secondary N) is 1. The van der Waals surface area contributed by atoms with Crippen LogP contribution in [0.5, 0.6) is 0 Å². The molecule has 0 aliphatic carbocycles. The standard InChI is InChI=1S/C26H26F4N4O3/c27-20-10-19(26(28,29)30)11-22(12-20)34-8-6-18(7-9-34)24(35)32-23(25(36)37)13-21-15-33(16-31-21)14-17-4-2-1-3-5-17/h1-5,10-12,15-16,18,23H,6-9,13-14H2,(H,32,35)(H,36,37). The summed E-state index contributed by atoms with van der Waals surface area (Å²) in [5, 5.41) is 12.2. The third-order valence-electron chi connectivity index (χ3n) is 6.36. The number of hydrogen-bond donors (Lipinski definition) is 2. The molecule has 0 saturated carbocycles. The van der Waals surface area contributed by atoms with Gasteiger partial charge in [0.1, 0.15) is 11.9 Å². The van der Waals surface area contributed by atoms with Gasteiger partial charge in [-0.25, -0.2) is 14.2 Å². The van der Waals surface area contributed by atoms with E-state index in [2.05, 4.69) is 10.3 Å². The number of hydrogen-bond acceptors (Lipinski definition) is 4. The molecule has 196 valence electrons. The minimum absolute atomic E-state index is 0.00518. The van der Waals surface area contributed by atoms with E-state index >= 15 is 0 Å². The number of carbonyl (C=O) groups is 2. The lowest BCUT2D eigenvalue weighted by Gasteiger charge is -2.33. The van der Waals surface area contributed by atoms with Gasteiger partial charge in [-0.1, -0.05) is 30.3 Å². The zero-order valence-electron chi connectivity index (χ0n) is 19.8. The summed E-state index contributed by atoms with van der Waals surface area (Å²) in [5.74, 6) is -3.13. The predicted molar refractivity (Wildman–Crippen MR) is 127 cm³/mol. The van der Waals surface area contributed by atoms with Crippen molar-refractivity contribution < 1.29 is 32.3 Å². The van der Waals surface area contributed by atoms with Crippen LogP contribution in [0.15, 0.2) is 61.1 Å². The first-order chi connectivity index (χ1) is 17.6. The molecule has 4 rings (SSSR count). The van der Waals surface area contributed by atoms with Crippen molar-refractivity contribution in [1.82, 2.24) is 14.9 Å². The van der Waals surface area contributed by atoms with E-state index in [1.54, 1.807) is 17.4 Å². The smallest absolute Gasteiger partial charge is 0.416 e. The highest BCUT2D eigenvalue weighted by Crippen LogP contribution is 2.34. The number of carbonyl (C=O) groups excluding carboxylic acids is 1. The molecule has 1 fully saturated rings. The zero-order chi connectivity index (χ0) is 26.6. The van der Waals surface area contributed by atoms with Gasteiger partial charge in [-0.3, -0.25) is 4.79 Å². The van der Waals surface area contributed by atoms with Gasteiger partial charge in [-0.15, -0.1) is 0 Å². The number of alkyl halides is 3. The molecule has 0 radical (unpaired) electrons. The summed E-state index contributed by atoms with van der Waals surface area (Å²) in [6.45, 7) is 1.05. The van der Waals surface area contributed by atoms with Crippen molar-refractivity contribution in [3.63, 3.8) is 0 Å². The fourth-order valence-electron chi connectivity index (χ4n) is 4.41. The van der Waals surface area contributed by atoms with Gasteiger partial charge in [0.15, 0.2) is 0 Å². The van der Waals surface area contributed by atoms with E-state index in [1.165, 1.54) is 0 Å². The molecule has 0 bridgehead atoms. The molecule has 11 heteroatoms. The Morgan fingerprint density at radius 1 is 1.11 bits per heavy atom. The Morgan fingerprint density at radius 3 is 2.46 bits per heavy atom. The maximum absolute atomic E-state index is 13.8. The monoisotopic (exact) mass is 518 g/mol. The fourth-order valence-corrected chi connectivity index (χ4v) is 4.41. The lowest BCUT2D eigenvalue weighted by atomic mass is 9.94. The van der Waals surface area contributed by atoms with Crippen LogP contribution in [0.2, 0.25) is 0 Å². The van der Waals surface area contributed by atoms with Crippen LogP contribution in [-0.2, 0) is 28.7 Å². The Balaban J connectivity index is 1.33. The number of nitrogens with zero attached hydrogens (tertiary/aromatic N) is 3. The van der Waals surface area contributed by atoms with E-state index < -0.39 is 41.4 Å². The number of rotatable bonds is 8. The normalized spacial score (nSPS) is 15.4. The van der Waals surface area contributed by atoms with Crippen LogP contribution >= 0.6 is 0 Å². The first-order valence-corrected chi connectivity index (χ1v) is 11.8. The van der Waals surface area contributed by atoms with Gasteiger partial charge >= 0.3 is 12.1 Å². The Bertz CT molecular complexity index is 1240. The minimum Gasteiger partial charge on any atom is -0.480 e. The number of aliphatic carboxylic acids is 1. The molecule has 2 N–H and O–H groups in total. The number of piperidine rings is 1. The van der Waals surface area contributed by atoms with Crippen molar-refractivity contribution in [1.29, 1.82) is 0 Å². The largest absolute Gasteiger partial charge is 0.480 e. The predicted octanol–water partition coefficient (Wildman–Crippen LogP) is 4.12. The molecule has 2 aromatic carbocycles. The molecule has 1 unspecified atom stereocenters. The van der Waals surface area contributed by atoms with Crippen molar-refractivity contribution in [3.8, 4) is 0 Å². The average molecular weight is 519 g/mol. The van der Waals surface area contributed by atoms with Crippen molar-refractivity contribution in [2.75, 3.05) is 18.0 Å². The lowest BCUT2D eigenvalue weighted by Crippen LogP contribution is -2.47. The topological polar surface area (TPSA) is 87.5 Å². The summed E-state index contributed by atoms with van der Waals surface area (Å²) in [6.07, 6.45) is -0.732. The quantitative estimate of drug-likeness (QED) is 0.438. The number of anilines is 1. The van der Waals surface area contributed by atoms with Crippen molar-refractivity contribution in [3.05, 3.63) is 83.7 Å². The van der Waals surface area contributed by atoms with Crippen molar-refractivity contribution in [2.24, 2.45) is 5.92 Å². The molecule has 1 amide bonds. The van der Waals surface area contributed by atoms with E-state index in [0.29, 0.717) is 31.1 Å². The molecule has 7 nitrogen and oxygen atoms in total. The SMILES string of the molecule is O=C(NC(Cc1cn(Cc2ccccc2)cn1)C(=O)O)C1CCN(c2cc(F)cc(C(F)(F)F)c2)CC1. The highest BCUT2D eigenvalue weighted by Gasteiger charge is 2.33. The number of amides is 1. The molecule has 1 aliphatic heterocycles. The van der Waals surface area contributed by atoms with E-state index in [0.717, 1.165) is 17.7 Å². The van der Waals surface area contributed by atoms with Crippen molar-refractivity contribution >= 4 is 17.6 Å². The fraction of sp³-hybridized carbons (Fsp3) is 0.346. The third-order valence-corrected chi connectivity index (χ3v) is 6.36. The van der Waals surface area contributed by atoms with E-state index in [9.17, 15) is 32.3 Å². The summed E-state index contributed by atoms with van der Waals surface area (Å²) in [6, 6.07) is 10.9. The zero-order valence-corrected chi connectivity index (χ0v) is 19.8. The Labute approximate surface area is 210 Å². The molecule has 1 aliphatic rings. The van der Waals surface area contributed by atoms with Crippen LogP contribution in [0, 0.1) is 11.7 Å². The molecule has 37 heavy (non-hydrogen) atoms. The van der Waals surface area contributed by atoms with Crippen LogP contribution in [0.25, 0.3) is 0 Å². The highest BCUT2D eigenvalue weighted by atomic mass is 19.4. The van der Waals surface area contributed by atoms with E-state index in [4.69, 9.17) is 0 Å². The van der Waals surface area contributed by atoms with Gasteiger partial charge in [-0.05, 0) is 36.6 Å². The first-order valence-electron chi connectivity index (χ1n) is 11.8. The summed E-state index contributed by atoms with van der Waals surface area (Å²) in [7, 11) is 0. The Hall–Kier alpha value is -3.89. The van der Waals surface area contributed by atoms with Crippen LogP contribution in [0.1, 0.15) is 29.7 Å². The first kappa shape index (κ1) is 26.2.